The van der Waals surface area contributed by atoms with Gasteiger partial charge in [-0.05, 0) is 12.2 Å². The van der Waals surface area contributed by atoms with E-state index in [4.69, 9.17) is 5.73 Å². The molecule has 1 aliphatic rings. The van der Waals surface area contributed by atoms with Crippen LogP contribution in [-0.2, 0) is 0 Å². The molecule has 10 heavy (non-hydrogen) atoms. The van der Waals surface area contributed by atoms with Crippen LogP contribution in [0.1, 0.15) is 13.3 Å². The summed E-state index contributed by atoms with van der Waals surface area (Å²) in [6.07, 6.45) is 1.39. The van der Waals surface area contributed by atoms with E-state index in [0.717, 1.165) is 11.8 Å². The topological polar surface area (TPSA) is 26.0 Å². The van der Waals surface area contributed by atoms with E-state index in [1.54, 1.807) is 0 Å². The van der Waals surface area contributed by atoms with Crippen molar-refractivity contribution in [1.82, 2.24) is 0 Å². The van der Waals surface area contributed by atoms with E-state index in [-0.39, 0.29) is 0 Å². The average molecular weight is 177 g/mol. The molecule has 0 saturated carbocycles. The maximum Gasteiger partial charge on any atom is 0.0149 e. The summed E-state index contributed by atoms with van der Waals surface area (Å²) in [4.78, 5) is 0. The molecule has 1 nitrogen and oxygen atoms in total. The number of hydrogen-bond donors (Lipinski definition) is 1. The maximum absolute atomic E-state index is 5.52. The summed E-state index contributed by atoms with van der Waals surface area (Å²) in [6, 6.07) is 0. The van der Waals surface area contributed by atoms with Gasteiger partial charge in [0.1, 0.15) is 0 Å². The first kappa shape index (κ1) is 8.75. The van der Waals surface area contributed by atoms with Gasteiger partial charge in [-0.15, -0.1) is 0 Å². The Hall–Kier alpha value is 0.660. The zero-order valence-corrected chi connectivity index (χ0v) is 8.01. The lowest BCUT2D eigenvalue weighted by molar-refractivity contribution is 0.913. The third-order valence-corrected chi connectivity index (χ3v) is 4.46. The first-order chi connectivity index (χ1) is 4.83. The number of hydrogen-bond acceptors (Lipinski definition) is 3. The van der Waals surface area contributed by atoms with Crippen molar-refractivity contribution in [2.45, 2.75) is 23.8 Å². The summed E-state index contributed by atoms with van der Waals surface area (Å²) in [5.74, 6) is 2.70. The maximum atomic E-state index is 5.52. The van der Waals surface area contributed by atoms with Crippen molar-refractivity contribution in [3.8, 4) is 0 Å². The van der Waals surface area contributed by atoms with Crippen LogP contribution in [0.15, 0.2) is 0 Å². The second-order valence-electron chi connectivity index (χ2n) is 2.67. The lowest BCUT2D eigenvalue weighted by atomic mass is 10.4. The molecule has 0 aromatic rings. The van der Waals surface area contributed by atoms with Crippen molar-refractivity contribution in [1.29, 1.82) is 0 Å². The summed E-state index contributed by atoms with van der Waals surface area (Å²) in [6.45, 7) is 3.04. The summed E-state index contributed by atoms with van der Waals surface area (Å²) in [5, 5.41) is 1.55. The highest BCUT2D eigenvalue weighted by Crippen LogP contribution is 2.30. The van der Waals surface area contributed by atoms with Gasteiger partial charge in [0.15, 0.2) is 0 Å². The molecule has 0 aromatic heterocycles. The Labute approximate surface area is 71.5 Å². The van der Waals surface area contributed by atoms with E-state index in [1.807, 2.05) is 0 Å². The Morgan fingerprint density at radius 3 is 3.10 bits per heavy atom. The van der Waals surface area contributed by atoms with Crippen LogP contribution in [0.25, 0.3) is 0 Å². The van der Waals surface area contributed by atoms with Crippen LogP contribution in [0, 0.1) is 0 Å². The predicted octanol–water partition coefficient (Wildman–Crippen LogP) is 1.57. The molecular formula is C7H15NS2. The van der Waals surface area contributed by atoms with Crippen molar-refractivity contribution < 1.29 is 0 Å². The molecular weight excluding hydrogens is 162 g/mol. The molecule has 1 saturated heterocycles. The van der Waals surface area contributed by atoms with Crippen LogP contribution in [0.2, 0.25) is 0 Å². The van der Waals surface area contributed by atoms with Crippen LogP contribution >= 0.6 is 23.5 Å². The molecule has 0 radical (unpaired) electrons. The predicted molar refractivity (Wildman–Crippen MR) is 51.8 cm³/mol. The lowest BCUT2D eigenvalue weighted by Gasteiger charge is -2.12. The molecule has 0 aliphatic carbocycles. The third kappa shape index (κ3) is 2.72. The smallest absolute Gasteiger partial charge is 0.0149 e. The summed E-state index contributed by atoms with van der Waals surface area (Å²) < 4.78 is 0. The highest BCUT2D eigenvalue weighted by Gasteiger charge is 2.17. The van der Waals surface area contributed by atoms with Gasteiger partial charge in [0.25, 0.3) is 0 Å². The van der Waals surface area contributed by atoms with Gasteiger partial charge in [-0.25, -0.2) is 0 Å². The van der Waals surface area contributed by atoms with Crippen LogP contribution in [-0.4, -0.2) is 28.6 Å². The van der Waals surface area contributed by atoms with Crippen molar-refractivity contribution in [3.05, 3.63) is 0 Å². The molecule has 0 aromatic carbocycles. The van der Waals surface area contributed by atoms with Crippen molar-refractivity contribution in [2.75, 3.05) is 18.1 Å². The minimum Gasteiger partial charge on any atom is -0.329 e. The van der Waals surface area contributed by atoms with Crippen LogP contribution in [0.5, 0.6) is 0 Å². The molecule has 2 unspecified atom stereocenters. The minimum atomic E-state index is 0.656. The number of rotatable bonds is 3. The zero-order chi connectivity index (χ0) is 7.40. The monoisotopic (exact) mass is 177 g/mol. The van der Waals surface area contributed by atoms with Crippen LogP contribution in [0.3, 0.4) is 0 Å². The van der Waals surface area contributed by atoms with E-state index >= 15 is 0 Å². The highest BCUT2D eigenvalue weighted by atomic mass is 32.2. The first-order valence-electron chi connectivity index (χ1n) is 3.76. The summed E-state index contributed by atoms with van der Waals surface area (Å²) in [7, 11) is 0. The average Bonchev–Trinajstić information content (AvgIpc) is 2.40. The Morgan fingerprint density at radius 1 is 1.80 bits per heavy atom. The van der Waals surface area contributed by atoms with E-state index in [2.05, 4.69) is 30.4 Å². The molecule has 1 rings (SSSR count). The Kier molecular flexibility index (Phi) is 3.96. The van der Waals surface area contributed by atoms with E-state index < -0.39 is 0 Å². The van der Waals surface area contributed by atoms with Gasteiger partial charge in [0.05, 0.1) is 0 Å². The molecule has 2 N–H and O–H groups in total. The molecule has 1 heterocycles. The first-order valence-corrected chi connectivity index (χ1v) is 5.86. The molecule has 60 valence electrons. The van der Waals surface area contributed by atoms with Crippen LogP contribution < -0.4 is 5.73 Å². The van der Waals surface area contributed by atoms with E-state index in [0.29, 0.717) is 5.25 Å². The third-order valence-electron chi connectivity index (χ3n) is 1.64. The SMILES string of the molecule is CC(CN)SC1CCSC1. The zero-order valence-electron chi connectivity index (χ0n) is 6.38. The van der Waals surface area contributed by atoms with Gasteiger partial charge < -0.3 is 5.73 Å². The second-order valence-corrected chi connectivity index (χ2v) is 5.56. The van der Waals surface area contributed by atoms with Gasteiger partial charge in [0.2, 0.25) is 0 Å². The Bertz CT molecular complexity index is 91.6. The van der Waals surface area contributed by atoms with Gasteiger partial charge in [-0.2, -0.15) is 23.5 Å². The van der Waals surface area contributed by atoms with Crippen LogP contribution in [0.4, 0.5) is 0 Å². The van der Waals surface area contributed by atoms with Crippen molar-refractivity contribution in [2.24, 2.45) is 5.73 Å². The lowest BCUT2D eigenvalue weighted by Crippen LogP contribution is -2.16. The summed E-state index contributed by atoms with van der Waals surface area (Å²) >= 11 is 4.13. The highest BCUT2D eigenvalue weighted by molar-refractivity contribution is 8.04. The van der Waals surface area contributed by atoms with Crippen molar-refractivity contribution in [3.63, 3.8) is 0 Å². The fourth-order valence-electron chi connectivity index (χ4n) is 1.00. The quantitative estimate of drug-likeness (QED) is 0.709. The molecule has 3 heteroatoms. The van der Waals surface area contributed by atoms with Crippen molar-refractivity contribution >= 4 is 23.5 Å². The standard InChI is InChI=1S/C7H15NS2/c1-6(4-8)10-7-2-3-9-5-7/h6-7H,2-5,8H2,1H3. The Morgan fingerprint density at radius 2 is 2.60 bits per heavy atom. The van der Waals surface area contributed by atoms with Gasteiger partial charge in [-0.3, -0.25) is 0 Å². The molecule has 0 bridgehead atoms. The van der Waals surface area contributed by atoms with E-state index in [1.165, 1.54) is 17.9 Å². The largest absolute Gasteiger partial charge is 0.329 e. The molecule has 2 atom stereocenters. The molecule has 0 amide bonds. The molecule has 1 aliphatic heterocycles. The normalized spacial score (nSPS) is 28.8. The van der Waals surface area contributed by atoms with E-state index in [9.17, 15) is 0 Å². The number of nitrogens with two attached hydrogens (primary N) is 1. The number of thioether (sulfide) groups is 2. The van der Waals surface area contributed by atoms with Gasteiger partial charge >= 0.3 is 0 Å². The van der Waals surface area contributed by atoms with Gasteiger partial charge in [-0.1, -0.05) is 6.92 Å². The molecule has 1 fully saturated rings. The van der Waals surface area contributed by atoms with Gasteiger partial charge in [0, 0.05) is 22.8 Å². The fourth-order valence-corrected chi connectivity index (χ4v) is 3.83. The minimum absolute atomic E-state index is 0.656. The molecule has 0 spiro atoms. The Balaban J connectivity index is 2.11. The second kappa shape index (κ2) is 4.52. The summed E-state index contributed by atoms with van der Waals surface area (Å²) in [5.41, 5.74) is 5.52. The fraction of sp³-hybridized carbons (Fsp3) is 1.00.